The summed E-state index contributed by atoms with van der Waals surface area (Å²) in [6.45, 7) is 2.10. The van der Waals surface area contributed by atoms with Gasteiger partial charge in [-0.25, -0.2) is 0 Å². The maximum absolute atomic E-state index is 13.1. The van der Waals surface area contributed by atoms with Crippen LogP contribution in [0.5, 0.6) is 11.5 Å². The molecule has 6 heteroatoms. The number of fused-ring (bicyclic) bond motifs is 3. The molecule has 2 atom stereocenters. The predicted octanol–water partition coefficient (Wildman–Crippen LogP) is 2.54. The molecule has 2 aliphatic heterocycles. The van der Waals surface area contributed by atoms with Crippen LogP contribution in [0, 0.1) is 0 Å². The number of benzene rings is 2. The van der Waals surface area contributed by atoms with Crippen molar-refractivity contribution in [3.05, 3.63) is 59.2 Å². The molecule has 1 amide bonds. The van der Waals surface area contributed by atoms with Crippen LogP contribution in [0.15, 0.2) is 42.5 Å². The fourth-order valence-corrected chi connectivity index (χ4v) is 5.06. The molecule has 0 aromatic heterocycles. The van der Waals surface area contributed by atoms with Crippen LogP contribution in [-0.4, -0.2) is 39.0 Å². The van der Waals surface area contributed by atoms with E-state index in [-0.39, 0.29) is 30.3 Å². The molecule has 6 nitrogen and oxygen atoms in total. The Morgan fingerprint density at radius 2 is 1.93 bits per heavy atom. The van der Waals surface area contributed by atoms with Gasteiger partial charge in [0.05, 0.1) is 12.1 Å². The molecule has 2 N–H and O–H groups in total. The van der Waals surface area contributed by atoms with E-state index in [1.807, 2.05) is 6.07 Å². The van der Waals surface area contributed by atoms with Gasteiger partial charge in [0.15, 0.2) is 11.5 Å². The third-order valence-electron chi connectivity index (χ3n) is 6.35. The minimum Gasteiger partial charge on any atom is -0.454 e. The molecule has 28 heavy (non-hydrogen) atoms. The van der Waals surface area contributed by atoms with E-state index in [2.05, 4.69) is 28.8 Å². The summed E-state index contributed by atoms with van der Waals surface area (Å²) in [6, 6.07) is 13.5. The van der Waals surface area contributed by atoms with Gasteiger partial charge < -0.3 is 24.8 Å². The monoisotopic (exact) mass is 380 g/mol. The average Bonchev–Trinajstić information content (AvgIpc) is 3.30. The van der Waals surface area contributed by atoms with Gasteiger partial charge in [-0.1, -0.05) is 24.3 Å². The molecule has 0 radical (unpaired) electrons. The highest BCUT2D eigenvalue weighted by atomic mass is 16.7. The summed E-state index contributed by atoms with van der Waals surface area (Å²) in [7, 11) is 1.75. The van der Waals surface area contributed by atoms with Crippen LogP contribution < -0.4 is 20.1 Å². The first kappa shape index (κ1) is 17.5. The summed E-state index contributed by atoms with van der Waals surface area (Å²) in [5, 5.41) is 6.68. The standard InChI is InChI=1S/C22H24N2O4/c1-26-20-19(24-21(25)14-6-7-17-18(12-14)28-13-27-17)15-4-2-3-5-16(15)22(20)8-10-23-11-9-22/h2-7,12,19-20,23H,8-11,13H2,1H3,(H,24,25)/t19-,20+/m1/s1. The van der Waals surface area contributed by atoms with E-state index >= 15 is 0 Å². The fraction of sp³-hybridized carbons (Fsp3) is 0.409. The van der Waals surface area contributed by atoms with E-state index < -0.39 is 0 Å². The highest BCUT2D eigenvalue weighted by Gasteiger charge is 2.53. The predicted molar refractivity (Wildman–Crippen MR) is 104 cm³/mol. The molecule has 0 saturated carbocycles. The van der Waals surface area contributed by atoms with E-state index in [0.717, 1.165) is 31.5 Å². The fourth-order valence-electron chi connectivity index (χ4n) is 5.06. The van der Waals surface area contributed by atoms with E-state index in [1.165, 1.54) is 5.56 Å². The Morgan fingerprint density at radius 1 is 1.14 bits per heavy atom. The number of rotatable bonds is 3. The molecule has 0 bridgehead atoms. The Morgan fingerprint density at radius 3 is 2.75 bits per heavy atom. The third kappa shape index (κ3) is 2.59. The quantitative estimate of drug-likeness (QED) is 0.857. The van der Waals surface area contributed by atoms with E-state index in [9.17, 15) is 4.79 Å². The zero-order valence-electron chi connectivity index (χ0n) is 15.9. The number of ether oxygens (including phenoxy) is 3. The topological polar surface area (TPSA) is 68.8 Å². The molecule has 2 heterocycles. The van der Waals surface area contributed by atoms with E-state index in [4.69, 9.17) is 14.2 Å². The molecule has 1 saturated heterocycles. The van der Waals surface area contributed by atoms with Crippen LogP contribution >= 0.6 is 0 Å². The lowest BCUT2D eigenvalue weighted by Gasteiger charge is -2.40. The first-order chi connectivity index (χ1) is 13.7. The van der Waals surface area contributed by atoms with Crippen molar-refractivity contribution < 1.29 is 19.0 Å². The maximum Gasteiger partial charge on any atom is 0.251 e. The number of methoxy groups -OCH3 is 1. The Kier molecular flexibility index (Phi) is 4.25. The Balaban J connectivity index is 1.48. The van der Waals surface area contributed by atoms with Gasteiger partial charge in [-0.3, -0.25) is 4.79 Å². The molecule has 3 aliphatic rings. The van der Waals surface area contributed by atoms with Crippen molar-refractivity contribution in [3.8, 4) is 11.5 Å². The largest absolute Gasteiger partial charge is 0.454 e. The van der Waals surface area contributed by atoms with Crippen LogP contribution in [0.25, 0.3) is 0 Å². The number of hydrogen-bond donors (Lipinski definition) is 2. The number of amides is 1. The smallest absolute Gasteiger partial charge is 0.251 e. The molecule has 5 rings (SSSR count). The third-order valence-corrected chi connectivity index (χ3v) is 6.35. The summed E-state index contributed by atoms with van der Waals surface area (Å²) in [4.78, 5) is 13.1. The SMILES string of the molecule is CO[C@H]1[C@H](NC(=O)c2ccc3c(c2)OCO3)c2ccccc2C12CCNCC2. The summed E-state index contributed by atoms with van der Waals surface area (Å²) >= 11 is 0. The first-order valence-corrected chi connectivity index (χ1v) is 9.76. The van der Waals surface area contributed by atoms with Crippen molar-refractivity contribution in [1.82, 2.24) is 10.6 Å². The molecule has 146 valence electrons. The van der Waals surface area contributed by atoms with Crippen molar-refractivity contribution in [3.63, 3.8) is 0 Å². The lowest BCUT2D eigenvalue weighted by Crippen LogP contribution is -2.49. The molecule has 2 aromatic carbocycles. The number of carbonyl (C=O) groups is 1. The van der Waals surface area contributed by atoms with Gasteiger partial charge >= 0.3 is 0 Å². The van der Waals surface area contributed by atoms with Crippen molar-refractivity contribution in [2.45, 2.75) is 30.4 Å². The van der Waals surface area contributed by atoms with Gasteiger partial charge in [0.1, 0.15) is 0 Å². The van der Waals surface area contributed by atoms with Gasteiger partial charge in [-0.2, -0.15) is 0 Å². The second-order valence-electron chi connectivity index (χ2n) is 7.67. The van der Waals surface area contributed by atoms with Gasteiger partial charge in [0.2, 0.25) is 6.79 Å². The Hall–Kier alpha value is -2.57. The van der Waals surface area contributed by atoms with Crippen molar-refractivity contribution in [1.29, 1.82) is 0 Å². The van der Waals surface area contributed by atoms with Crippen LogP contribution in [0.1, 0.15) is 40.4 Å². The second kappa shape index (κ2) is 6.79. The molecule has 1 fully saturated rings. The highest BCUT2D eigenvalue weighted by Crippen LogP contribution is 2.51. The molecule has 1 aliphatic carbocycles. The molecule has 0 unspecified atom stereocenters. The van der Waals surface area contributed by atoms with Gasteiger partial charge in [0, 0.05) is 18.1 Å². The zero-order valence-corrected chi connectivity index (χ0v) is 15.9. The maximum atomic E-state index is 13.1. The number of piperidine rings is 1. The minimum atomic E-state index is -0.183. The first-order valence-electron chi connectivity index (χ1n) is 9.76. The average molecular weight is 380 g/mol. The van der Waals surface area contributed by atoms with Gasteiger partial charge in [-0.05, 0) is 55.3 Å². The second-order valence-corrected chi connectivity index (χ2v) is 7.67. The van der Waals surface area contributed by atoms with Crippen LogP contribution in [0.4, 0.5) is 0 Å². The van der Waals surface area contributed by atoms with Crippen LogP contribution in [0.2, 0.25) is 0 Å². The Bertz CT molecular complexity index is 907. The van der Waals surface area contributed by atoms with Crippen molar-refractivity contribution >= 4 is 5.91 Å². The zero-order chi connectivity index (χ0) is 19.1. The lowest BCUT2D eigenvalue weighted by atomic mass is 9.72. The molecule has 1 spiro atoms. The van der Waals surface area contributed by atoms with E-state index in [1.54, 1.807) is 25.3 Å². The normalized spacial score (nSPS) is 24.2. The van der Waals surface area contributed by atoms with Crippen LogP contribution in [0.3, 0.4) is 0 Å². The lowest BCUT2D eigenvalue weighted by molar-refractivity contribution is 0.00397. The van der Waals surface area contributed by atoms with Gasteiger partial charge in [-0.15, -0.1) is 0 Å². The Labute approximate surface area is 164 Å². The summed E-state index contributed by atoms with van der Waals surface area (Å²) in [6.07, 6.45) is 1.91. The van der Waals surface area contributed by atoms with Crippen molar-refractivity contribution in [2.75, 3.05) is 27.0 Å². The van der Waals surface area contributed by atoms with Gasteiger partial charge in [0.25, 0.3) is 5.91 Å². The summed E-state index contributed by atoms with van der Waals surface area (Å²) in [5.41, 5.74) is 2.95. The van der Waals surface area contributed by atoms with Crippen molar-refractivity contribution in [2.24, 2.45) is 0 Å². The summed E-state index contributed by atoms with van der Waals surface area (Å²) < 4.78 is 16.8. The molecular formula is C22H24N2O4. The highest BCUT2D eigenvalue weighted by molar-refractivity contribution is 5.95. The molecular weight excluding hydrogens is 356 g/mol. The van der Waals surface area contributed by atoms with Crippen LogP contribution in [-0.2, 0) is 10.2 Å². The number of carbonyl (C=O) groups excluding carboxylic acids is 1. The number of nitrogens with one attached hydrogen (secondary N) is 2. The minimum absolute atomic E-state index is 0.0660. The van der Waals surface area contributed by atoms with E-state index in [0.29, 0.717) is 17.1 Å². The molecule has 2 aromatic rings. The number of hydrogen-bond acceptors (Lipinski definition) is 5. The summed E-state index contributed by atoms with van der Waals surface area (Å²) in [5.74, 6) is 1.15.